The number of rotatable bonds is 7. The number of benzene rings is 1. The van der Waals surface area contributed by atoms with Gasteiger partial charge in [-0.05, 0) is 42.0 Å². The summed E-state index contributed by atoms with van der Waals surface area (Å²) < 4.78 is 17.2. The zero-order valence-corrected chi connectivity index (χ0v) is 15.8. The van der Waals surface area contributed by atoms with Crippen LogP contribution in [0.5, 0.6) is 11.5 Å². The summed E-state index contributed by atoms with van der Waals surface area (Å²) in [5.74, 6) is 1.53. The third kappa shape index (κ3) is 4.23. The van der Waals surface area contributed by atoms with E-state index in [1.807, 2.05) is 48.7 Å². The summed E-state index contributed by atoms with van der Waals surface area (Å²) in [6.07, 6.45) is 8.16. The van der Waals surface area contributed by atoms with Gasteiger partial charge in [0.05, 0.1) is 37.9 Å². The van der Waals surface area contributed by atoms with Gasteiger partial charge in [0.2, 0.25) is 0 Å². The van der Waals surface area contributed by atoms with Gasteiger partial charge in [0.15, 0.2) is 0 Å². The molecule has 0 saturated carbocycles. The fourth-order valence-corrected chi connectivity index (χ4v) is 3.22. The second kappa shape index (κ2) is 8.71. The zero-order valence-electron chi connectivity index (χ0n) is 15.8. The van der Waals surface area contributed by atoms with Crippen LogP contribution in [0.15, 0.2) is 67.3 Å². The van der Waals surface area contributed by atoms with Crippen molar-refractivity contribution in [2.24, 2.45) is 0 Å². The van der Waals surface area contributed by atoms with Gasteiger partial charge in [-0.15, -0.1) is 0 Å². The molecule has 6 nitrogen and oxygen atoms in total. The average Bonchev–Trinajstić information content (AvgIpc) is 3.27. The number of hydrogen-bond donors (Lipinski definition) is 0. The average molecular weight is 377 g/mol. The van der Waals surface area contributed by atoms with Gasteiger partial charge >= 0.3 is 0 Å². The van der Waals surface area contributed by atoms with E-state index in [9.17, 15) is 0 Å². The predicted octanol–water partition coefficient (Wildman–Crippen LogP) is 3.99. The van der Waals surface area contributed by atoms with E-state index in [0.29, 0.717) is 13.2 Å². The van der Waals surface area contributed by atoms with Crippen molar-refractivity contribution in [3.8, 4) is 11.5 Å². The lowest BCUT2D eigenvalue weighted by Crippen LogP contribution is -2.21. The maximum Gasteiger partial charge on any atom is 0.147 e. The smallest absolute Gasteiger partial charge is 0.147 e. The summed E-state index contributed by atoms with van der Waals surface area (Å²) in [5.41, 5.74) is 3.08. The van der Waals surface area contributed by atoms with E-state index < -0.39 is 0 Å². The van der Waals surface area contributed by atoms with Crippen molar-refractivity contribution >= 4 is 11.4 Å². The first-order chi connectivity index (χ1) is 13.8. The van der Waals surface area contributed by atoms with E-state index in [1.54, 1.807) is 25.7 Å². The summed E-state index contributed by atoms with van der Waals surface area (Å²) >= 11 is 0. The third-order valence-corrected chi connectivity index (χ3v) is 4.69. The van der Waals surface area contributed by atoms with Gasteiger partial charge < -0.3 is 19.1 Å². The van der Waals surface area contributed by atoms with E-state index in [4.69, 9.17) is 14.2 Å². The minimum atomic E-state index is 0.0440. The number of methoxy groups -OCH3 is 1. The van der Waals surface area contributed by atoms with Crippen LogP contribution < -0.4 is 14.4 Å². The van der Waals surface area contributed by atoms with Crippen LogP contribution in [-0.2, 0) is 11.3 Å². The molecule has 1 aliphatic heterocycles. The topological polar surface area (TPSA) is 56.7 Å². The van der Waals surface area contributed by atoms with Gasteiger partial charge in [-0.25, -0.2) is 0 Å². The molecule has 0 spiro atoms. The highest BCUT2D eigenvalue weighted by Gasteiger charge is 2.22. The highest BCUT2D eigenvalue weighted by Crippen LogP contribution is 2.38. The minimum absolute atomic E-state index is 0.0440. The quantitative estimate of drug-likeness (QED) is 0.621. The molecule has 2 aromatic heterocycles. The molecule has 1 atom stereocenters. The molecular formula is C22H23N3O3. The zero-order chi connectivity index (χ0) is 19.2. The molecule has 0 unspecified atom stereocenters. The first kappa shape index (κ1) is 18.3. The fraction of sp³-hybridized carbons (Fsp3) is 0.273. The van der Waals surface area contributed by atoms with E-state index in [0.717, 1.165) is 41.5 Å². The number of hydrogen-bond acceptors (Lipinski definition) is 6. The lowest BCUT2D eigenvalue weighted by atomic mass is 10.2. The molecule has 1 fully saturated rings. The summed E-state index contributed by atoms with van der Waals surface area (Å²) in [7, 11) is 1.66. The van der Waals surface area contributed by atoms with Crippen LogP contribution in [0.3, 0.4) is 0 Å². The summed E-state index contributed by atoms with van der Waals surface area (Å²) in [6.45, 7) is 2.00. The Kier molecular flexibility index (Phi) is 5.68. The van der Waals surface area contributed by atoms with Crippen molar-refractivity contribution in [2.45, 2.75) is 19.1 Å². The molecule has 1 aliphatic rings. The normalized spacial score (nSPS) is 16.0. The van der Waals surface area contributed by atoms with Gasteiger partial charge in [-0.1, -0.05) is 0 Å². The van der Waals surface area contributed by atoms with Crippen LogP contribution in [-0.4, -0.2) is 36.4 Å². The van der Waals surface area contributed by atoms with Crippen LogP contribution in [0, 0.1) is 0 Å². The van der Waals surface area contributed by atoms with Crippen molar-refractivity contribution in [3.63, 3.8) is 0 Å². The second-order valence-corrected chi connectivity index (χ2v) is 6.59. The second-order valence-electron chi connectivity index (χ2n) is 6.59. The molecule has 0 bridgehead atoms. The fourth-order valence-electron chi connectivity index (χ4n) is 3.22. The Balaban J connectivity index is 1.74. The Morgan fingerprint density at radius 2 is 2.00 bits per heavy atom. The minimum Gasteiger partial charge on any atom is -0.497 e. The molecule has 6 heteroatoms. The van der Waals surface area contributed by atoms with Crippen LogP contribution in [0.4, 0.5) is 11.4 Å². The predicted molar refractivity (Wildman–Crippen MR) is 107 cm³/mol. The lowest BCUT2D eigenvalue weighted by Gasteiger charge is -2.28. The van der Waals surface area contributed by atoms with Gasteiger partial charge in [-0.2, -0.15) is 0 Å². The molecule has 1 aromatic carbocycles. The molecule has 1 saturated heterocycles. The Bertz CT molecular complexity index is 884. The standard InChI is InChI=1S/C22H23N3O3/c1-26-19-4-5-21(22(13-19)28-20-8-12-27-16-20)25(18-3-2-9-24-14-18)15-17-6-10-23-11-7-17/h2-7,9-11,13-14,20H,8,12,15-16H2,1H3/t20-/m1/s1. The van der Waals surface area contributed by atoms with Gasteiger partial charge in [0, 0.05) is 37.6 Å². The Labute approximate surface area is 164 Å². The van der Waals surface area contributed by atoms with Crippen molar-refractivity contribution in [2.75, 3.05) is 25.2 Å². The molecule has 0 aliphatic carbocycles. The summed E-state index contributed by atoms with van der Waals surface area (Å²) in [6, 6.07) is 13.9. The molecule has 0 radical (unpaired) electrons. The van der Waals surface area contributed by atoms with Crippen molar-refractivity contribution in [1.82, 2.24) is 9.97 Å². The van der Waals surface area contributed by atoms with Crippen LogP contribution in [0.2, 0.25) is 0 Å². The van der Waals surface area contributed by atoms with E-state index in [1.165, 1.54) is 0 Å². The number of aromatic nitrogens is 2. The molecule has 28 heavy (non-hydrogen) atoms. The Morgan fingerprint density at radius 1 is 1.11 bits per heavy atom. The van der Waals surface area contributed by atoms with E-state index in [-0.39, 0.29) is 6.10 Å². The van der Waals surface area contributed by atoms with Gasteiger partial charge in [0.1, 0.15) is 17.6 Å². The highest BCUT2D eigenvalue weighted by molar-refractivity contribution is 5.70. The largest absolute Gasteiger partial charge is 0.497 e. The first-order valence-corrected chi connectivity index (χ1v) is 9.32. The number of pyridine rings is 2. The monoisotopic (exact) mass is 377 g/mol. The van der Waals surface area contributed by atoms with Crippen molar-refractivity contribution in [3.05, 3.63) is 72.8 Å². The Hall–Kier alpha value is -3.12. The molecule has 3 heterocycles. The van der Waals surface area contributed by atoms with Gasteiger partial charge in [-0.3, -0.25) is 9.97 Å². The maximum absolute atomic E-state index is 6.31. The van der Waals surface area contributed by atoms with Crippen LogP contribution >= 0.6 is 0 Å². The van der Waals surface area contributed by atoms with Gasteiger partial charge in [0.25, 0.3) is 0 Å². The lowest BCUT2D eigenvalue weighted by molar-refractivity contribution is 0.141. The van der Waals surface area contributed by atoms with Crippen molar-refractivity contribution in [1.29, 1.82) is 0 Å². The molecule has 3 aromatic rings. The third-order valence-electron chi connectivity index (χ3n) is 4.69. The number of ether oxygens (including phenoxy) is 3. The Morgan fingerprint density at radius 3 is 2.71 bits per heavy atom. The van der Waals surface area contributed by atoms with Crippen molar-refractivity contribution < 1.29 is 14.2 Å². The molecule has 4 rings (SSSR count). The molecular weight excluding hydrogens is 354 g/mol. The van der Waals surface area contributed by atoms with E-state index in [2.05, 4.69) is 14.9 Å². The number of anilines is 2. The first-order valence-electron chi connectivity index (χ1n) is 9.32. The van der Waals surface area contributed by atoms with Crippen LogP contribution in [0.1, 0.15) is 12.0 Å². The number of nitrogens with zero attached hydrogens (tertiary/aromatic N) is 3. The van der Waals surface area contributed by atoms with Crippen LogP contribution in [0.25, 0.3) is 0 Å². The molecule has 0 amide bonds. The molecule has 144 valence electrons. The summed E-state index contributed by atoms with van der Waals surface area (Å²) in [4.78, 5) is 10.6. The summed E-state index contributed by atoms with van der Waals surface area (Å²) in [5, 5.41) is 0. The maximum atomic E-state index is 6.31. The highest BCUT2D eigenvalue weighted by atomic mass is 16.5. The SMILES string of the molecule is COc1ccc(N(Cc2ccncc2)c2cccnc2)c(O[C@@H]2CCOC2)c1. The van der Waals surface area contributed by atoms with E-state index >= 15 is 0 Å². The molecule has 0 N–H and O–H groups in total.